The van der Waals surface area contributed by atoms with E-state index in [1.54, 1.807) is 0 Å². The van der Waals surface area contributed by atoms with E-state index in [2.05, 4.69) is 16.0 Å². The van der Waals surface area contributed by atoms with Gasteiger partial charge in [0, 0.05) is 20.8 Å². The van der Waals surface area contributed by atoms with Gasteiger partial charge in [-0.15, -0.1) is 0 Å². The number of amides is 3. The van der Waals surface area contributed by atoms with Crippen molar-refractivity contribution >= 4 is 17.7 Å². The molecule has 6 aliphatic heterocycles. The van der Waals surface area contributed by atoms with E-state index < -0.39 is 241 Å². The van der Waals surface area contributed by atoms with Crippen LogP contribution in [0.25, 0.3) is 0 Å². The van der Waals surface area contributed by atoms with Crippen molar-refractivity contribution in [2.45, 2.75) is 212 Å². The molecule has 6 rings (SSSR count). The number of ether oxygens (including phenoxy) is 11. The Kier molecular flexibility index (Phi) is 22.4. The highest BCUT2D eigenvalue weighted by Crippen LogP contribution is 2.36. The van der Waals surface area contributed by atoms with Crippen molar-refractivity contribution in [3.8, 4) is 0 Å². The largest absolute Gasteiger partial charge is 0.394 e. The molecular formula is C43H73N3O30. The van der Waals surface area contributed by atoms with Crippen LogP contribution in [0.4, 0.5) is 0 Å². The molecule has 0 spiro atoms. The Morgan fingerprint density at radius 1 is 0.355 bits per heavy atom. The van der Waals surface area contributed by atoms with Crippen LogP contribution in [-0.2, 0) is 66.5 Å². The molecule has 33 nitrogen and oxygen atoms in total. The second-order valence-electron chi connectivity index (χ2n) is 19.3. The summed E-state index contributed by atoms with van der Waals surface area (Å²) < 4.78 is 63.9. The summed E-state index contributed by atoms with van der Waals surface area (Å²) in [7, 11) is 0. The number of hydrogen-bond acceptors (Lipinski definition) is 30. The number of carbonyl (C=O) groups excluding carboxylic acids is 3. The Balaban J connectivity index is 1.19. The molecule has 0 aromatic rings. The van der Waals surface area contributed by atoms with E-state index in [1.165, 1.54) is 13.8 Å². The summed E-state index contributed by atoms with van der Waals surface area (Å²) >= 11 is 0. The van der Waals surface area contributed by atoms with E-state index in [-0.39, 0.29) is 0 Å². The average Bonchev–Trinajstić information content (AvgIpc) is 3.38. The van der Waals surface area contributed by atoms with Gasteiger partial charge in [-0.2, -0.15) is 0 Å². The molecule has 6 saturated heterocycles. The van der Waals surface area contributed by atoms with Crippen LogP contribution in [0.3, 0.4) is 0 Å². The zero-order valence-electron chi connectivity index (χ0n) is 41.4. The third-order valence-electron chi connectivity index (χ3n) is 13.9. The number of aliphatic hydroxyl groups is 16. The van der Waals surface area contributed by atoms with Gasteiger partial charge in [-0.1, -0.05) is 0 Å². The fourth-order valence-corrected chi connectivity index (χ4v) is 9.86. The standard InChI is InChI=1S/C43H73N3O30/c1-11-21(44-12(2)52)27(58)35(17(7-49)67-11)73-39-22(45-13(3)53)28(59)37(18(8-50)70-39)75-42-34(65)31(62)26(57)20(72-42)10-66-43-38(32(63)25(56)16(6-48)69-43)76-40-23(46-14(4)54)29(60)36(19(9-51)71-40)74-41-33(64)30(61)24(55)15(5-47)68-41/h11,15-43,47-51,55-65H,5-10H2,1-4H3,(H,44,52)(H,45,53)(H,46,54)/t11-,15?,16?,17?,18?,19-,20?,21+,22-,23?,24-,25+,26+,27?,28?,29?,30-,31?,32-,33?,34+,35+,36+,37+,38?,39-,40-,41-,42-,43-/m0/s1. The summed E-state index contributed by atoms with van der Waals surface area (Å²) in [6.45, 7) is -0.577. The summed E-state index contributed by atoms with van der Waals surface area (Å²) in [5.41, 5.74) is 0. The van der Waals surface area contributed by atoms with Gasteiger partial charge in [-0.05, 0) is 6.92 Å². The zero-order chi connectivity index (χ0) is 56.2. The van der Waals surface area contributed by atoms with Crippen LogP contribution in [0.2, 0.25) is 0 Å². The first-order valence-corrected chi connectivity index (χ1v) is 24.4. The minimum absolute atomic E-state index is 0.542. The molecule has 3 amide bonds. The Labute approximate surface area is 432 Å². The van der Waals surface area contributed by atoms with Gasteiger partial charge < -0.3 is 150 Å². The van der Waals surface area contributed by atoms with E-state index in [4.69, 9.17) is 52.1 Å². The Hall–Kier alpha value is -2.67. The van der Waals surface area contributed by atoms with E-state index in [0.717, 1.165) is 13.8 Å². The molecule has 6 aliphatic rings. The monoisotopic (exact) mass is 1110 g/mol. The maximum atomic E-state index is 12.5. The normalized spacial score (nSPS) is 48.2. The first kappa shape index (κ1) is 62.5. The first-order chi connectivity index (χ1) is 35.9. The number of aliphatic hydroxyl groups excluding tert-OH is 16. The second kappa shape index (κ2) is 27.2. The fourth-order valence-electron chi connectivity index (χ4n) is 9.86. The molecule has 19 N–H and O–H groups in total. The van der Waals surface area contributed by atoms with Crippen LogP contribution < -0.4 is 16.0 Å². The minimum atomic E-state index is -2.13. The van der Waals surface area contributed by atoms with Crippen LogP contribution in [-0.4, -0.2) is 323 Å². The SMILES string of the molecule is CC(=O)NC1C(O)[C@H](O[C@@H]2OC(CO)[C@H](O)[C@H](O)C2O)[C@H](CO)O[C@H]1OC1[C@@H](OCC2O[C@@H](O[C@@H]3C(CO)O[C@@H](O[C@@H]4C(CO)O[C@@H](C)[C@@H](NC(C)=O)C4O)[C@@H](NC(C)=O)C3O)[C@H](O)C(O)[C@@H]2O)OC(CO)[C@@H](O)[C@@H]1O. The molecular weight excluding hydrogens is 1040 g/mol. The van der Waals surface area contributed by atoms with Gasteiger partial charge >= 0.3 is 0 Å². The minimum Gasteiger partial charge on any atom is -0.394 e. The molecule has 0 aliphatic carbocycles. The number of nitrogens with one attached hydrogen (secondary N) is 3. The van der Waals surface area contributed by atoms with E-state index >= 15 is 0 Å². The lowest BCUT2D eigenvalue weighted by Crippen LogP contribution is -2.70. The molecule has 0 radical (unpaired) electrons. The molecule has 440 valence electrons. The molecule has 6 fully saturated rings. The summed E-state index contributed by atoms with van der Waals surface area (Å²) in [5, 5.41) is 179. The molecule has 33 heteroatoms. The lowest BCUT2D eigenvalue weighted by molar-refractivity contribution is -0.379. The van der Waals surface area contributed by atoms with Gasteiger partial charge in [0.25, 0.3) is 0 Å². The van der Waals surface area contributed by atoms with Crippen molar-refractivity contribution in [2.75, 3.05) is 39.6 Å². The molecule has 76 heavy (non-hydrogen) atoms. The van der Waals surface area contributed by atoms with Gasteiger partial charge in [0.1, 0.15) is 140 Å². The number of rotatable bonds is 19. The molecule has 12 unspecified atom stereocenters. The maximum Gasteiger partial charge on any atom is 0.217 e. The third-order valence-corrected chi connectivity index (χ3v) is 13.9. The maximum absolute atomic E-state index is 12.5. The Morgan fingerprint density at radius 3 is 1.09 bits per heavy atom. The van der Waals surface area contributed by atoms with Gasteiger partial charge in [0.05, 0.1) is 51.8 Å². The lowest BCUT2D eigenvalue weighted by Gasteiger charge is -2.50. The summed E-state index contributed by atoms with van der Waals surface area (Å²) in [4.78, 5) is 36.9. The topological polar surface area (TPSA) is 513 Å². The van der Waals surface area contributed by atoms with Crippen molar-refractivity contribution in [2.24, 2.45) is 0 Å². The van der Waals surface area contributed by atoms with Gasteiger partial charge in [0.15, 0.2) is 31.5 Å². The highest BCUT2D eigenvalue weighted by Gasteiger charge is 2.57. The summed E-state index contributed by atoms with van der Waals surface area (Å²) in [6.07, 6.45) is -48.2. The molecule has 0 saturated carbocycles. The van der Waals surface area contributed by atoms with Crippen molar-refractivity contribution in [1.29, 1.82) is 0 Å². The van der Waals surface area contributed by atoms with Crippen molar-refractivity contribution in [3.05, 3.63) is 0 Å². The molecule has 6 heterocycles. The van der Waals surface area contributed by atoms with Crippen LogP contribution in [0.5, 0.6) is 0 Å². The van der Waals surface area contributed by atoms with Crippen molar-refractivity contribution in [3.63, 3.8) is 0 Å². The quantitative estimate of drug-likeness (QED) is 0.0571. The fraction of sp³-hybridized carbons (Fsp3) is 0.930. The summed E-state index contributed by atoms with van der Waals surface area (Å²) in [6, 6.07) is -4.42. The predicted octanol–water partition coefficient (Wildman–Crippen LogP) is -12.6. The molecule has 30 atom stereocenters. The van der Waals surface area contributed by atoms with Gasteiger partial charge in [-0.25, -0.2) is 0 Å². The van der Waals surface area contributed by atoms with Crippen molar-refractivity contribution in [1.82, 2.24) is 16.0 Å². The predicted molar refractivity (Wildman–Crippen MR) is 237 cm³/mol. The molecule has 0 bridgehead atoms. The molecule has 0 aromatic heterocycles. The lowest BCUT2D eigenvalue weighted by atomic mass is 9.92. The third kappa shape index (κ3) is 13.7. The molecule has 0 aromatic carbocycles. The van der Waals surface area contributed by atoms with E-state index in [9.17, 15) is 96.1 Å². The zero-order valence-corrected chi connectivity index (χ0v) is 41.4. The van der Waals surface area contributed by atoms with Gasteiger partial charge in [0.2, 0.25) is 17.7 Å². The number of carbonyl (C=O) groups is 3. The smallest absolute Gasteiger partial charge is 0.217 e. The summed E-state index contributed by atoms with van der Waals surface area (Å²) in [5.74, 6) is -2.13. The van der Waals surface area contributed by atoms with E-state index in [0.29, 0.717) is 0 Å². The highest BCUT2D eigenvalue weighted by atomic mass is 16.8. The second-order valence-corrected chi connectivity index (χ2v) is 19.3. The average molecular weight is 1110 g/mol. The van der Waals surface area contributed by atoms with E-state index in [1.807, 2.05) is 0 Å². The van der Waals surface area contributed by atoms with Gasteiger partial charge in [-0.3, -0.25) is 14.4 Å². The highest BCUT2D eigenvalue weighted by molar-refractivity contribution is 5.74. The first-order valence-electron chi connectivity index (χ1n) is 24.4. The Bertz CT molecular complexity index is 1870. The van der Waals surface area contributed by atoms with Crippen LogP contribution >= 0.6 is 0 Å². The van der Waals surface area contributed by atoms with Crippen molar-refractivity contribution < 1.29 is 148 Å². The van der Waals surface area contributed by atoms with Crippen LogP contribution in [0.15, 0.2) is 0 Å². The Morgan fingerprint density at radius 2 is 0.671 bits per heavy atom. The van der Waals surface area contributed by atoms with Crippen LogP contribution in [0.1, 0.15) is 27.7 Å². The van der Waals surface area contributed by atoms with Crippen LogP contribution in [0, 0.1) is 0 Å². The number of hydrogen-bond donors (Lipinski definition) is 19.